The van der Waals surface area contributed by atoms with Crippen LogP contribution in [0.4, 0.5) is 0 Å². The van der Waals surface area contributed by atoms with Crippen molar-refractivity contribution in [3.63, 3.8) is 0 Å². The zero-order valence-electron chi connectivity index (χ0n) is 19.4. The van der Waals surface area contributed by atoms with Crippen LogP contribution in [0.25, 0.3) is 0 Å². The summed E-state index contributed by atoms with van der Waals surface area (Å²) in [5.74, 6) is 0. The average molecular weight is 465 g/mol. The molecule has 170 valence electrons. The van der Waals surface area contributed by atoms with Crippen LogP contribution < -0.4 is 0 Å². The van der Waals surface area contributed by atoms with E-state index in [1.807, 2.05) is 48.5 Å². The van der Waals surface area contributed by atoms with Crippen molar-refractivity contribution in [3.8, 4) is 0 Å². The molecule has 0 aliphatic carbocycles. The number of piperazine rings is 1. The normalized spacial score (nSPS) is 16.6. The predicted molar refractivity (Wildman–Crippen MR) is 124 cm³/mol. The zero-order valence-corrected chi connectivity index (χ0v) is 21.0. The largest absolute Gasteiger partial charge is 0.243 e. The number of hydrogen-bond donors (Lipinski definition) is 0. The van der Waals surface area contributed by atoms with Crippen LogP contribution in [0.15, 0.2) is 28.0 Å². The van der Waals surface area contributed by atoms with Gasteiger partial charge in [0.1, 0.15) is 0 Å². The lowest BCUT2D eigenvalue weighted by Gasteiger charge is -2.34. The standard InChI is InChI=1S/C23H32N2O4S2/c1-15-8-9-22(14-16(15)2)30(26,27)24-10-12-25(13-11-24)31(28,29)23-20(6)18(4)17(3)19(5)21(23)7/h8-9,14H,10-13H2,1-7H3. The maximum absolute atomic E-state index is 13.5. The highest BCUT2D eigenvalue weighted by atomic mass is 32.2. The molecule has 6 nitrogen and oxygen atoms in total. The number of benzene rings is 2. The average Bonchev–Trinajstić information content (AvgIpc) is 2.72. The first-order valence-corrected chi connectivity index (χ1v) is 13.3. The summed E-state index contributed by atoms with van der Waals surface area (Å²) in [5.41, 5.74) is 6.56. The highest BCUT2D eigenvalue weighted by Crippen LogP contribution is 2.32. The van der Waals surface area contributed by atoms with Crippen LogP contribution in [-0.2, 0) is 20.0 Å². The van der Waals surface area contributed by atoms with Crippen molar-refractivity contribution in [1.29, 1.82) is 0 Å². The van der Waals surface area contributed by atoms with Crippen molar-refractivity contribution in [2.24, 2.45) is 0 Å². The summed E-state index contributed by atoms with van der Waals surface area (Å²) in [6, 6.07) is 5.10. The summed E-state index contributed by atoms with van der Waals surface area (Å²) < 4.78 is 56.0. The molecule has 2 aromatic rings. The van der Waals surface area contributed by atoms with Crippen LogP contribution in [0, 0.1) is 48.5 Å². The fourth-order valence-corrected chi connectivity index (χ4v) is 7.65. The molecule has 0 radical (unpaired) electrons. The summed E-state index contributed by atoms with van der Waals surface area (Å²) >= 11 is 0. The van der Waals surface area contributed by atoms with Crippen molar-refractivity contribution in [2.45, 2.75) is 58.3 Å². The van der Waals surface area contributed by atoms with E-state index in [1.165, 1.54) is 8.61 Å². The lowest BCUT2D eigenvalue weighted by molar-refractivity contribution is 0.272. The fraction of sp³-hybridized carbons (Fsp3) is 0.478. The second kappa shape index (κ2) is 8.31. The lowest BCUT2D eigenvalue weighted by Crippen LogP contribution is -2.50. The molecule has 31 heavy (non-hydrogen) atoms. The van der Waals surface area contributed by atoms with Crippen LogP contribution in [0.1, 0.15) is 38.9 Å². The van der Waals surface area contributed by atoms with Gasteiger partial charge in [-0.2, -0.15) is 8.61 Å². The monoisotopic (exact) mass is 464 g/mol. The van der Waals surface area contributed by atoms with Crippen molar-refractivity contribution in [1.82, 2.24) is 8.61 Å². The van der Waals surface area contributed by atoms with Gasteiger partial charge in [0.2, 0.25) is 20.0 Å². The van der Waals surface area contributed by atoms with Gasteiger partial charge in [-0.3, -0.25) is 0 Å². The first-order valence-electron chi connectivity index (χ1n) is 10.4. The summed E-state index contributed by atoms with van der Waals surface area (Å²) in [5, 5.41) is 0. The second-order valence-corrected chi connectivity index (χ2v) is 12.3. The number of hydrogen-bond acceptors (Lipinski definition) is 4. The van der Waals surface area contributed by atoms with Crippen molar-refractivity contribution >= 4 is 20.0 Å². The molecule has 1 aliphatic heterocycles. The first kappa shape index (κ1) is 23.9. The Kier molecular flexibility index (Phi) is 6.41. The topological polar surface area (TPSA) is 74.8 Å². The molecule has 0 spiro atoms. The Morgan fingerprint density at radius 2 is 1.00 bits per heavy atom. The highest BCUT2D eigenvalue weighted by Gasteiger charge is 2.35. The molecule has 8 heteroatoms. The molecule has 1 fully saturated rings. The van der Waals surface area contributed by atoms with E-state index in [4.69, 9.17) is 0 Å². The van der Waals surface area contributed by atoms with Crippen LogP contribution in [0.5, 0.6) is 0 Å². The lowest BCUT2D eigenvalue weighted by atomic mass is 9.95. The van der Waals surface area contributed by atoms with Gasteiger partial charge in [0.25, 0.3) is 0 Å². The highest BCUT2D eigenvalue weighted by molar-refractivity contribution is 7.89. The molecule has 3 rings (SSSR count). The molecule has 1 heterocycles. The van der Waals surface area contributed by atoms with Gasteiger partial charge in [0.05, 0.1) is 9.79 Å². The third-order valence-electron chi connectivity index (χ3n) is 6.84. The van der Waals surface area contributed by atoms with Gasteiger partial charge in [-0.05, 0) is 99.5 Å². The van der Waals surface area contributed by atoms with Crippen molar-refractivity contribution < 1.29 is 16.8 Å². The van der Waals surface area contributed by atoms with Crippen molar-refractivity contribution in [2.75, 3.05) is 26.2 Å². The number of rotatable bonds is 4. The van der Waals surface area contributed by atoms with E-state index in [0.29, 0.717) is 4.90 Å². The molecule has 0 aromatic heterocycles. The molecule has 0 unspecified atom stereocenters. The van der Waals surface area contributed by atoms with E-state index in [-0.39, 0.29) is 31.1 Å². The van der Waals surface area contributed by atoms with Gasteiger partial charge in [-0.25, -0.2) is 16.8 Å². The summed E-state index contributed by atoms with van der Waals surface area (Å²) in [6.07, 6.45) is 0. The summed E-state index contributed by atoms with van der Waals surface area (Å²) in [4.78, 5) is 0.613. The molecule has 0 saturated carbocycles. The van der Waals surface area contributed by atoms with Crippen LogP contribution in [0.3, 0.4) is 0 Å². The van der Waals surface area contributed by atoms with Gasteiger partial charge in [-0.1, -0.05) is 6.07 Å². The fourth-order valence-electron chi connectivity index (χ4n) is 4.16. The number of nitrogens with zero attached hydrogens (tertiary/aromatic N) is 2. The Bertz CT molecular complexity index is 1210. The van der Waals surface area contributed by atoms with Crippen LogP contribution in [0.2, 0.25) is 0 Å². The predicted octanol–water partition coefficient (Wildman–Crippen LogP) is 3.54. The van der Waals surface area contributed by atoms with Crippen LogP contribution >= 0.6 is 0 Å². The number of aryl methyl sites for hydroxylation is 2. The Morgan fingerprint density at radius 1 is 0.581 bits per heavy atom. The molecule has 1 saturated heterocycles. The van der Waals surface area contributed by atoms with Gasteiger partial charge in [0, 0.05) is 26.2 Å². The second-order valence-electron chi connectivity index (χ2n) is 8.51. The van der Waals surface area contributed by atoms with Gasteiger partial charge in [0.15, 0.2) is 0 Å². The number of sulfonamides is 2. The molecule has 0 amide bonds. The SMILES string of the molecule is Cc1ccc(S(=O)(=O)N2CCN(S(=O)(=O)c3c(C)c(C)c(C)c(C)c3C)CC2)cc1C. The van der Waals surface area contributed by atoms with E-state index in [0.717, 1.165) is 38.9 Å². The first-order chi connectivity index (χ1) is 14.3. The molecular formula is C23H32N2O4S2. The third-order valence-corrected chi connectivity index (χ3v) is 10.9. The minimum atomic E-state index is -3.72. The molecule has 2 aromatic carbocycles. The summed E-state index contributed by atoms with van der Waals surface area (Å²) in [6.45, 7) is 14.0. The van der Waals surface area contributed by atoms with Gasteiger partial charge < -0.3 is 0 Å². The van der Waals surface area contributed by atoms with Crippen LogP contribution in [-0.4, -0.2) is 51.6 Å². The molecule has 0 atom stereocenters. The maximum atomic E-state index is 13.5. The Hall–Kier alpha value is -1.74. The maximum Gasteiger partial charge on any atom is 0.243 e. The van der Waals surface area contributed by atoms with E-state index in [9.17, 15) is 16.8 Å². The Balaban J connectivity index is 1.88. The smallest absolute Gasteiger partial charge is 0.207 e. The molecule has 1 aliphatic rings. The van der Waals surface area contributed by atoms with E-state index >= 15 is 0 Å². The minimum Gasteiger partial charge on any atom is -0.207 e. The molecular weight excluding hydrogens is 432 g/mol. The third kappa shape index (κ3) is 4.06. The van der Waals surface area contributed by atoms with E-state index < -0.39 is 20.0 Å². The quantitative estimate of drug-likeness (QED) is 0.694. The zero-order chi connectivity index (χ0) is 23.3. The Morgan fingerprint density at radius 3 is 1.45 bits per heavy atom. The minimum absolute atomic E-state index is 0.135. The van der Waals surface area contributed by atoms with Crippen molar-refractivity contribution in [3.05, 3.63) is 57.1 Å². The van der Waals surface area contributed by atoms with E-state index in [2.05, 4.69) is 0 Å². The summed E-state index contributed by atoms with van der Waals surface area (Å²) in [7, 11) is -7.38. The Labute approximate surface area is 187 Å². The molecule has 0 bridgehead atoms. The van der Waals surface area contributed by atoms with Gasteiger partial charge >= 0.3 is 0 Å². The van der Waals surface area contributed by atoms with E-state index in [1.54, 1.807) is 18.2 Å². The van der Waals surface area contributed by atoms with Gasteiger partial charge in [-0.15, -0.1) is 0 Å². The molecule has 0 N–H and O–H groups in total.